The van der Waals surface area contributed by atoms with Crippen LogP contribution in [0, 0.1) is 13.8 Å². The third kappa shape index (κ3) is 4.82. The second kappa shape index (κ2) is 9.15. The molecular formula is C20H25N3O5S2. The van der Waals surface area contributed by atoms with Crippen LogP contribution in [0.25, 0.3) is 0 Å². The molecule has 0 aliphatic carbocycles. The largest absolute Gasteiger partial charge is 0.460 e. The monoisotopic (exact) mass is 451 g/mol. The number of carbonyl (C=O) groups is 1. The molecule has 1 aromatic carbocycles. The van der Waals surface area contributed by atoms with E-state index in [1.807, 2.05) is 36.9 Å². The first-order chi connectivity index (χ1) is 14.2. The fourth-order valence-corrected chi connectivity index (χ4v) is 4.69. The number of benzene rings is 1. The van der Waals surface area contributed by atoms with Gasteiger partial charge in [-0.15, -0.1) is 0 Å². The minimum Gasteiger partial charge on any atom is -0.460 e. The van der Waals surface area contributed by atoms with Crippen molar-refractivity contribution < 1.29 is 22.4 Å². The van der Waals surface area contributed by atoms with Crippen LogP contribution in [0.3, 0.4) is 0 Å². The number of rotatable bonds is 5. The zero-order valence-electron chi connectivity index (χ0n) is 17.2. The smallest absolute Gasteiger partial charge is 0.374 e. The van der Waals surface area contributed by atoms with Gasteiger partial charge in [0.15, 0.2) is 5.11 Å². The van der Waals surface area contributed by atoms with E-state index < -0.39 is 16.0 Å². The molecule has 0 unspecified atom stereocenters. The number of aryl methyl sites for hydroxylation is 2. The van der Waals surface area contributed by atoms with Crippen molar-refractivity contribution in [3.8, 4) is 0 Å². The number of ether oxygens (including phenoxy) is 1. The second-order valence-electron chi connectivity index (χ2n) is 6.96. The molecule has 0 spiro atoms. The Morgan fingerprint density at radius 1 is 1.13 bits per heavy atom. The lowest BCUT2D eigenvalue weighted by atomic mass is 10.1. The lowest BCUT2D eigenvalue weighted by molar-refractivity contribution is 0.0483. The molecule has 30 heavy (non-hydrogen) atoms. The molecule has 0 atom stereocenters. The van der Waals surface area contributed by atoms with Gasteiger partial charge in [-0.2, -0.15) is 4.31 Å². The molecule has 1 aromatic heterocycles. The van der Waals surface area contributed by atoms with Crippen molar-refractivity contribution in [3.05, 3.63) is 47.2 Å². The number of furan rings is 1. The molecule has 8 nitrogen and oxygen atoms in total. The van der Waals surface area contributed by atoms with Gasteiger partial charge in [-0.05, 0) is 68.4 Å². The topological polar surface area (TPSA) is 92.1 Å². The Kier molecular flexibility index (Phi) is 6.79. The fourth-order valence-electron chi connectivity index (χ4n) is 3.05. The summed E-state index contributed by atoms with van der Waals surface area (Å²) in [7, 11) is -3.84. The van der Waals surface area contributed by atoms with Crippen LogP contribution < -0.4 is 5.32 Å². The second-order valence-corrected chi connectivity index (χ2v) is 9.22. The highest BCUT2D eigenvalue weighted by Gasteiger charge is 2.32. The van der Waals surface area contributed by atoms with E-state index in [4.69, 9.17) is 21.4 Å². The number of esters is 1. The quantitative estimate of drug-likeness (QED) is 0.548. The fraction of sp³-hybridized carbons (Fsp3) is 0.400. The van der Waals surface area contributed by atoms with Crippen molar-refractivity contribution in [1.82, 2.24) is 9.21 Å². The Hall–Kier alpha value is -2.43. The van der Waals surface area contributed by atoms with Gasteiger partial charge in [0.2, 0.25) is 10.9 Å². The van der Waals surface area contributed by atoms with Crippen molar-refractivity contribution >= 4 is 39.0 Å². The number of nitrogens with zero attached hydrogens (tertiary/aromatic N) is 2. The highest BCUT2D eigenvalue weighted by molar-refractivity contribution is 7.89. The number of hydrogen-bond donors (Lipinski definition) is 1. The van der Waals surface area contributed by atoms with E-state index in [1.165, 1.54) is 27.6 Å². The maximum Gasteiger partial charge on any atom is 0.374 e. The maximum absolute atomic E-state index is 12.8. The average molecular weight is 452 g/mol. The summed E-state index contributed by atoms with van der Waals surface area (Å²) in [5.74, 6) is -0.820. The molecule has 3 rings (SSSR count). The summed E-state index contributed by atoms with van der Waals surface area (Å²) >= 11 is 5.49. The molecule has 1 aliphatic heterocycles. The number of piperazine rings is 1. The highest BCUT2D eigenvalue weighted by Crippen LogP contribution is 2.21. The van der Waals surface area contributed by atoms with Crippen LogP contribution >= 0.6 is 12.2 Å². The van der Waals surface area contributed by atoms with Crippen molar-refractivity contribution in [3.63, 3.8) is 0 Å². The molecule has 0 saturated carbocycles. The predicted octanol–water partition coefficient (Wildman–Crippen LogP) is 2.78. The molecule has 0 amide bonds. The van der Waals surface area contributed by atoms with Crippen LogP contribution in [0.4, 0.5) is 5.69 Å². The van der Waals surface area contributed by atoms with Crippen molar-refractivity contribution in [2.45, 2.75) is 25.9 Å². The Labute approximate surface area is 181 Å². The van der Waals surface area contributed by atoms with Gasteiger partial charge in [0.25, 0.3) is 10.0 Å². The molecule has 0 radical (unpaired) electrons. The van der Waals surface area contributed by atoms with Crippen molar-refractivity contribution in [2.75, 3.05) is 38.1 Å². The van der Waals surface area contributed by atoms with Crippen LogP contribution in [0.1, 0.15) is 28.6 Å². The summed E-state index contributed by atoms with van der Waals surface area (Å²) in [4.78, 5) is 13.6. The summed E-state index contributed by atoms with van der Waals surface area (Å²) in [5, 5.41) is 3.50. The van der Waals surface area contributed by atoms with Crippen molar-refractivity contribution in [1.29, 1.82) is 0 Å². The Bertz CT molecular complexity index is 1040. The van der Waals surface area contributed by atoms with E-state index in [-0.39, 0.29) is 30.5 Å². The zero-order chi connectivity index (χ0) is 21.9. The number of thiocarbonyl (C=S) groups is 1. The van der Waals surface area contributed by atoms with Gasteiger partial charge >= 0.3 is 5.97 Å². The molecule has 2 aromatic rings. The van der Waals surface area contributed by atoms with Gasteiger partial charge in [0, 0.05) is 31.9 Å². The minimum absolute atomic E-state index is 0.132. The van der Waals surface area contributed by atoms with Crippen molar-refractivity contribution in [2.24, 2.45) is 0 Å². The Morgan fingerprint density at radius 2 is 1.83 bits per heavy atom. The lowest BCUT2D eigenvalue weighted by Gasteiger charge is -2.35. The van der Waals surface area contributed by atoms with Crippen LogP contribution in [0.15, 0.2) is 39.8 Å². The molecule has 1 saturated heterocycles. The number of hydrogen-bond acceptors (Lipinski definition) is 6. The van der Waals surface area contributed by atoms with Gasteiger partial charge in [-0.3, -0.25) is 0 Å². The maximum atomic E-state index is 12.8. The van der Waals surface area contributed by atoms with Gasteiger partial charge in [0.1, 0.15) is 0 Å². The summed E-state index contributed by atoms with van der Waals surface area (Å²) in [5.41, 5.74) is 3.27. The van der Waals surface area contributed by atoms with E-state index in [0.717, 1.165) is 5.69 Å². The van der Waals surface area contributed by atoms with Gasteiger partial charge in [-0.25, -0.2) is 13.2 Å². The molecule has 1 aliphatic rings. The van der Waals surface area contributed by atoms with Crippen LogP contribution in [-0.4, -0.2) is 61.5 Å². The average Bonchev–Trinajstić information content (AvgIpc) is 3.22. The third-order valence-electron chi connectivity index (χ3n) is 4.94. The highest BCUT2D eigenvalue weighted by atomic mass is 32.2. The predicted molar refractivity (Wildman–Crippen MR) is 117 cm³/mol. The first kappa shape index (κ1) is 22.3. The molecule has 162 valence electrons. The van der Waals surface area contributed by atoms with Gasteiger partial charge in [-0.1, -0.05) is 6.07 Å². The normalized spacial score (nSPS) is 15.1. The Morgan fingerprint density at radius 3 is 2.47 bits per heavy atom. The zero-order valence-corrected chi connectivity index (χ0v) is 18.8. The number of sulfonamides is 1. The van der Waals surface area contributed by atoms with Gasteiger partial charge in [0.05, 0.1) is 6.61 Å². The lowest BCUT2D eigenvalue weighted by Crippen LogP contribution is -2.51. The minimum atomic E-state index is -3.84. The summed E-state index contributed by atoms with van der Waals surface area (Å²) in [6.07, 6.45) is 0. The molecule has 1 N–H and O–H groups in total. The van der Waals surface area contributed by atoms with Crippen LogP contribution in [0.5, 0.6) is 0 Å². The molecule has 1 fully saturated rings. The van der Waals surface area contributed by atoms with E-state index >= 15 is 0 Å². The number of carbonyl (C=O) groups excluding carboxylic acids is 1. The third-order valence-corrected chi connectivity index (χ3v) is 7.07. The van der Waals surface area contributed by atoms with E-state index in [0.29, 0.717) is 18.2 Å². The summed E-state index contributed by atoms with van der Waals surface area (Å²) in [6, 6.07) is 8.61. The first-order valence-electron chi connectivity index (χ1n) is 9.62. The summed E-state index contributed by atoms with van der Waals surface area (Å²) in [6.45, 7) is 7.33. The Balaban J connectivity index is 1.60. The molecule has 0 bridgehead atoms. The van der Waals surface area contributed by atoms with Gasteiger partial charge < -0.3 is 19.4 Å². The van der Waals surface area contributed by atoms with E-state index in [1.54, 1.807) is 6.92 Å². The van der Waals surface area contributed by atoms with E-state index in [2.05, 4.69) is 5.32 Å². The molecule has 10 heteroatoms. The SMILES string of the molecule is CCOC(=O)c1ccc(S(=O)(=O)N2CCN(C(=S)Nc3ccc(C)c(C)c3)CC2)o1. The molecule has 2 heterocycles. The van der Waals surface area contributed by atoms with Crippen LogP contribution in [-0.2, 0) is 14.8 Å². The van der Waals surface area contributed by atoms with Crippen LogP contribution in [0.2, 0.25) is 0 Å². The number of anilines is 1. The first-order valence-corrected chi connectivity index (χ1v) is 11.5. The number of nitrogens with one attached hydrogen (secondary N) is 1. The van der Waals surface area contributed by atoms with E-state index in [9.17, 15) is 13.2 Å². The summed E-state index contributed by atoms with van der Waals surface area (Å²) < 4.78 is 37.1. The molecular weight excluding hydrogens is 426 g/mol. The standard InChI is InChI=1S/C20H25N3O5S2/c1-4-27-19(24)17-7-8-18(28-17)30(25,26)23-11-9-22(10-12-23)20(29)21-16-6-5-14(2)15(3)13-16/h5-8,13H,4,9-12H2,1-3H3,(H,21,29).